The van der Waals surface area contributed by atoms with Crippen LogP contribution in [-0.2, 0) is 20.7 Å². The molecular weight excluding hydrogens is 548 g/mol. The number of carbonyl (C=O) groups excluding carboxylic acids is 3. The largest absolute Gasteiger partial charge is 0.436 e. The molecule has 3 amide bonds. The minimum atomic E-state index is -1.07. The number of carbonyl (C=O) groups is 3. The van der Waals surface area contributed by atoms with Gasteiger partial charge >= 0.3 is 6.09 Å². The number of aliphatic hydroxyl groups is 2. The van der Waals surface area contributed by atoms with Gasteiger partial charge in [0.15, 0.2) is 6.10 Å². The molecule has 0 saturated heterocycles. The number of hydrogen-bond donors (Lipinski definition) is 4. The van der Waals surface area contributed by atoms with Gasteiger partial charge in [-0.05, 0) is 44.3 Å². The Kier molecular flexibility index (Phi) is 16.0. The van der Waals surface area contributed by atoms with E-state index in [1.807, 2.05) is 63.2 Å². The Morgan fingerprint density at radius 2 is 1.60 bits per heavy atom. The Hall–Kier alpha value is -2.69. The summed E-state index contributed by atoms with van der Waals surface area (Å²) in [5, 5.41) is 27.5. The first kappa shape index (κ1) is 36.5. The number of amides is 3. The van der Waals surface area contributed by atoms with Gasteiger partial charge in [-0.3, -0.25) is 9.59 Å². The summed E-state index contributed by atoms with van der Waals surface area (Å²) in [5.74, 6) is -0.807. The Balaban J connectivity index is 2.04. The predicted octanol–water partition coefficient (Wildman–Crippen LogP) is 3.20. The number of nitrogens with zero attached hydrogens (tertiary/aromatic N) is 2. The van der Waals surface area contributed by atoms with Crippen LogP contribution in [0.1, 0.15) is 71.3 Å². The van der Waals surface area contributed by atoms with Gasteiger partial charge < -0.3 is 35.4 Å². The maximum absolute atomic E-state index is 13.3. The second kappa shape index (κ2) is 18.9. The zero-order valence-corrected chi connectivity index (χ0v) is 27.1. The number of aliphatic hydroxyl groups excluding tert-OH is 2. The minimum Gasteiger partial charge on any atom is -0.436 e. The lowest BCUT2D eigenvalue weighted by molar-refractivity contribution is -0.131. The van der Waals surface area contributed by atoms with E-state index >= 15 is 0 Å². The molecule has 4 N–H and O–H groups in total. The molecular formula is C33H56N4O6. The first-order chi connectivity index (χ1) is 20.4. The van der Waals surface area contributed by atoms with Crippen LogP contribution in [0.5, 0.6) is 0 Å². The summed E-state index contributed by atoms with van der Waals surface area (Å²) in [6, 6.07) is 8.75. The van der Waals surface area contributed by atoms with Crippen molar-refractivity contribution in [2.45, 2.75) is 96.5 Å². The van der Waals surface area contributed by atoms with Crippen LogP contribution in [0.2, 0.25) is 0 Å². The molecule has 0 bridgehead atoms. The molecule has 43 heavy (non-hydrogen) atoms. The van der Waals surface area contributed by atoms with Crippen LogP contribution in [-0.4, -0.2) is 103 Å². The van der Waals surface area contributed by atoms with E-state index in [4.69, 9.17) is 4.74 Å². The van der Waals surface area contributed by atoms with Gasteiger partial charge in [0.05, 0.1) is 18.1 Å². The van der Waals surface area contributed by atoms with Gasteiger partial charge in [-0.1, -0.05) is 83.2 Å². The van der Waals surface area contributed by atoms with Crippen molar-refractivity contribution in [3.8, 4) is 0 Å². The number of ether oxygens (including phenoxy) is 1. The van der Waals surface area contributed by atoms with Crippen molar-refractivity contribution in [3.05, 3.63) is 35.9 Å². The van der Waals surface area contributed by atoms with E-state index in [1.165, 1.54) is 11.3 Å². The quantitative estimate of drug-likeness (QED) is 0.215. The molecule has 0 spiro atoms. The smallest absolute Gasteiger partial charge is 0.410 e. The lowest BCUT2D eigenvalue weighted by atomic mass is 9.82. The fraction of sp³-hybridized carbons (Fsp3) is 0.727. The highest BCUT2D eigenvalue weighted by molar-refractivity contribution is 5.85. The van der Waals surface area contributed by atoms with Crippen LogP contribution in [0.25, 0.3) is 0 Å². The van der Waals surface area contributed by atoms with Crippen LogP contribution in [0.15, 0.2) is 30.3 Å². The summed E-state index contributed by atoms with van der Waals surface area (Å²) >= 11 is 0. The second-order valence-electron chi connectivity index (χ2n) is 13.0. The number of nitrogens with one attached hydrogen (secondary N) is 2. The summed E-state index contributed by atoms with van der Waals surface area (Å²) in [7, 11) is 5.45. The first-order valence-corrected chi connectivity index (χ1v) is 15.9. The molecule has 0 heterocycles. The maximum atomic E-state index is 13.3. The molecule has 10 heteroatoms. The zero-order chi connectivity index (χ0) is 31.9. The van der Waals surface area contributed by atoms with Crippen LogP contribution < -0.4 is 10.6 Å². The highest BCUT2D eigenvalue weighted by atomic mass is 16.6. The van der Waals surface area contributed by atoms with Crippen molar-refractivity contribution >= 4 is 17.9 Å². The predicted molar refractivity (Wildman–Crippen MR) is 168 cm³/mol. The van der Waals surface area contributed by atoms with Gasteiger partial charge in [0.25, 0.3) is 5.91 Å². The van der Waals surface area contributed by atoms with Crippen molar-refractivity contribution in [2.75, 3.05) is 40.8 Å². The molecule has 244 valence electrons. The summed E-state index contributed by atoms with van der Waals surface area (Å²) in [6.45, 7) is 6.81. The molecule has 1 aromatic carbocycles. The average molecular weight is 605 g/mol. The lowest BCUT2D eigenvalue weighted by Gasteiger charge is -2.33. The van der Waals surface area contributed by atoms with Crippen molar-refractivity contribution in [2.24, 2.45) is 17.8 Å². The third-order valence-electron chi connectivity index (χ3n) is 8.18. The SMILES string of the molecule is CC(C)C[C@H](O)[C@H](O)C(CC1CCCCC1)NC(=O)[C@H](C)CNC(=O)[C@H](Cc1ccccc1)OC(=O)N(C)CCN(C)C. The zero-order valence-electron chi connectivity index (χ0n) is 27.1. The Labute approximate surface area is 258 Å². The summed E-state index contributed by atoms with van der Waals surface area (Å²) in [4.78, 5) is 42.7. The standard InChI is InChI=1S/C33H56N4O6/c1-23(2)19-28(38)30(39)27(20-25-13-9-7-10-14-25)35-31(40)24(3)22-34-32(41)29(21-26-15-11-8-12-16-26)43-33(42)37(6)18-17-36(4)5/h8,11-12,15-16,23-25,27-30,38-39H,7,9-10,13-14,17-22H2,1-6H3,(H,34,41)(H,35,40)/t24-,27?,28+,29+,30-/m1/s1. The molecule has 1 fully saturated rings. The molecule has 1 aliphatic rings. The second-order valence-corrected chi connectivity index (χ2v) is 13.0. The minimum absolute atomic E-state index is 0.0325. The van der Waals surface area contributed by atoms with Gasteiger partial charge in [0.2, 0.25) is 5.91 Å². The van der Waals surface area contributed by atoms with Crippen molar-refractivity contribution in [3.63, 3.8) is 0 Å². The molecule has 0 aromatic heterocycles. The third-order valence-corrected chi connectivity index (χ3v) is 8.18. The third kappa shape index (κ3) is 13.7. The van der Waals surface area contributed by atoms with E-state index < -0.39 is 42.3 Å². The summed E-state index contributed by atoms with van der Waals surface area (Å²) in [5.41, 5.74) is 0.844. The van der Waals surface area contributed by atoms with Gasteiger partial charge in [0.1, 0.15) is 6.10 Å². The molecule has 1 aromatic rings. The van der Waals surface area contributed by atoms with E-state index in [9.17, 15) is 24.6 Å². The van der Waals surface area contributed by atoms with Gasteiger partial charge in [0, 0.05) is 33.1 Å². The molecule has 0 radical (unpaired) electrons. The van der Waals surface area contributed by atoms with E-state index in [1.54, 1.807) is 14.0 Å². The van der Waals surface area contributed by atoms with Gasteiger partial charge in [-0.25, -0.2) is 4.79 Å². The van der Waals surface area contributed by atoms with E-state index in [0.717, 1.165) is 31.2 Å². The molecule has 10 nitrogen and oxygen atoms in total. The van der Waals surface area contributed by atoms with Crippen LogP contribution in [0, 0.1) is 17.8 Å². The number of likely N-dealkylation sites (N-methyl/N-ethyl adjacent to an activating group) is 2. The molecule has 0 aliphatic heterocycles. The lowest BCUT2D eigenvalue weighted by Crippen LogP contribution is -2.52. The Morgan fingerprint density at radius 3 is 2.21 bits per heavy atom. The number of benzene rings is 1. The Morgan fingerprint density at radius 1 is 0.953 bits per heavy atom. The molecule has 2 rings (SSSR count). The first-order valence-electron chi connectivity index (χ1n) is 15.9. The van der Waals surface area contributed by atoms with E-state index in [2.05, 4.69) is 10.6 Å². The van der Waals surface area contributed by atoms with Crippen molar-refractivity contribution in [1.29, 1.82) is 0 Å². The molecule has 5 atom stereocenters. The fourth-order valence-corrected chi connectivity index (χ4v) is 5.41. The van der Waals surface area contributed by atoms with Gasteiger partial charge in [-0.2, -0.15) is 0 Å². The van der Waals surface area contributed by atoms with Gasteiger partial charge in [-0.15, -0.1) is 0 Å². The highest BCUT2D eigenvalue weighted by Gasteiger charge is 2.32. The van der Waals surface area contributed by atoms with Crippen LogP contribution in [0.3, 0.4) is 0 Å². The van der Waals surface area contributed by atoms with Crippen molar-refractivity contribution in [1.82, 2.24) is 20.4 Å². The summed E-state index contributed by atoms with van der Waals surface area (Å²) < 4.78 is 5.64. The van der Waals surface area contributed by atoms with E-state index in [0.29, 0.717) is 31.8 Å². The van der Waals surface area contributed by atoms with Crippen molar-refractivity contribution < 1.29 is 29.3 Å². The average Bonchev–Trinajstić information content (AvgIpc) is 2.97. The maximum Gasteiger partial charge on any atom is 0.410 e. The van der Waals surface area contributed by atoms with Crippen LogP contribution in [0.4, 0.5) is 4.79 Å². The Bertz CT molecular complexity index is 969. The fourth-order valence-electron chi connectivity index (χ4n) is 5.41. The normalized spacial score (nSPS) is 17.5. The molecule has 1 unspecified atom stereocenters. The summed E-state index contributed by atoms with van der Waals surface area (Å²) in [6.07, 6.45) is 3.15. The number of hydrogen-bond acceptors (Lipinski definition) is 7. The topological polar surface area (TPSA) is 131 Å². The molecule has 1 aliphatic carbocycles. The highest BCUT2D eigenvalue weighted by Crippen LogP contribution is 2.29. The van der Waals surface area contributed by atoms with E-state index in [-0.39, 0.29) is 24.8 Å². The molecule has 1 saturated carbocycles. The number of rotatable bonds is 17. The van der Waals surface area contributed by atoms with Crippen LogP contribution >= 0.6 is 0 Å². The monoisotopic (exact) mass is 604 g/mol.